The molecule has 0 spiro atoms. The van der Waals surface area contributed by atoms with Gasteiger partial charge >= 0.3 is 0 Å². The Bertz CT molecular complexity index is 396. The molecule has 0 aromatic carbocycles. The van der Waals surface area contributed by atoms with Gasteiger partial charge in [0.15, 0.2) is 0 Å². The molecular formula is C8H12N4O. The highest BCUT2D eigenvalue weighted by Gasteiger charge is 2.13. The molecule has 0 bridgehead atoms. The highest BCUT2D eigenvalue weighted by atomic mass is 16.1. The first-order valence-electron chi connectivity index (χ1n) is 4.31. The number of nitrogens with zero attached hydrogens (tertiary/aromatic N) is 2. The predicted molar refractivity (Wildman–Crippen MR) is 50.8 cm³/mol. The van der Waals surface area contributed by atoms with Crippen LogP contribution in [0.3, 0.4) is 0 Å². The Labute approximate surface area is 75.6 Å². The van der Waals surface area contributed by atoms with Crippen molar-refractivity contribution in [3.8, 4) is 0 Å². The van der Waals surface area contributed by atoms with E-state index in [1.165, 1.54) is 0 Å². The highest BCUT2D eigenvalue weighted by molar-refractivity contribution is 5.43. The third-order valence-corrected chi connectivity index (χ3v) is 2.27. The van der Waals surface area contributed by atoms with Crippen molar-refractivity contribution >= 4 is 11.8 Å². The van der Waals surface area contributed by atoms with E-state index in [-0.39, 0.29) is 5.56 Å². The Morgan fingerprint density at radius 3 is 3.15 bits per heavy atom. The molecule has 0 unspecified atom stereocenters. The minimum absolute atomic E-state index is 0.0327. The van der Waals surface area contributed by atoms with Crippen LogP contribution in [0.25, 0.3) is 0 Å². The monoisotopic (exact) mass is 180 g/mol. The fraction of sp³-hybridized carbons (Fsp3) is 0.500. The van der Waals surface area contributed by atoms with Crippen LogP contribution in [-0.4, -0.2) is 16.1 Å². The lowest BCUT2D eigenvalue weighted by atomic mass is 10.3. The van der Waals surface area contributed by atoms with Crippen molar-refractivity contribution in [3.63, 3.8) is 0 Å². The Balaban J connectivity index is 2.68. The Hall–Kier alpha value is -1.52. The van der Waals surface area contributed by atoms with Crippen LogP contribution in [0.15, 0.2) is 4.79 Å². The lowest BCUT2D eigenvalue weighted by Crippen LogP contribution is -2.32. The molecule has 3 N–H and O–H groups in total. The number of rotatable bonds is 0. The normalized spacial score (nSPS) is 14.8. The topological polar surface area (TPSA) is 72.9 Å². The van der Waals surface area contributed by atoms with Crippen LogP contribution in [0, 0.1) is 6.92 Å². The van der Waals surface area contributed by atoms with Crippen LogP contribution in [0.1, 0.15) is 12.0 Å². The standard InChI is InChI=1S/C8H12N4O/c1-5-6(9)11-8-10-3-2-4-12(8)7(5)13/h2-4,9H2,1H3,(H,10,11). The molecule has 5 nitrogen and oxygen atoms in total. The maximum Gasteiger partial charge on any atom is 0.259 e. The lowest BCUT2D eigenvalue weighted by molar-refractivity contribution is 0.594. The van der Waals surface area contributed by atoms with Gasteiger partial charge in [-0.2, -0.15) is 4.98 Å². The van der Waals surface area contributed by atoms with Crippen molar-refractivity contribution in [3.05, 3.63) is 15.9 Å². The number of hydrogen-bond donors (Lipinski definition) is 2. The Morgan fingerprint density at radius 2 is 2.38 bits per heavy atom. The van der Waals surface area contributed by atoms with Gasteiger partial charge in [-0.05, 0) is 13.3 Å². The van der Waals surface area contributed by atoms with E-state index in [1.54, 1.807) is 11.5 Å². The fourth-order valence-corrected chi connectivity index (χ4v) is 1.45. The Morgan fingerprint density at radius 1 is 1.62 bits per heavy atom. The fourth-order valence-electron chi connectivity index (χ4n) is 1.45. The zero-order valence-corrected chi connectivity index (χ0v) is 7.50. The second kappa shape index (κ2) is 2.76. The van der Waals surface area contributed by atoms with Gasteiger partial charge in [-0.15, -0.1) is 0 Å². The molecule has 0 radical (unpaired) electrons. The minimum atomic E-state index is -0.0327. The number of anilines is 2. The maximum atomic E-state index is 11.6. The van der Waals surface area contributed by atoms with Gasteiger partial charge in [-0.25, -0.2) is 0 Å². The van der Waals surface area contributed by atoms with E-state index in [9.17, 15) is 4.79 Å². The largest absolute Gasteiger partial charge is 0.383 e. The van der Waals surface area contributed by atoms with Crippen LogP contribution in [0.5, 0.6) is 0 Å². The average molecular weight is 180 g/mol. The van der Waals surface area contributed by atoms with Crippen LogP contribution >= 0.6 is 0 Å². The van der Waals surface area contributed by atoms with E-state index >= 15 is 0 Å². The third-order valence-electron chi connectivity index (χ3n) is 2.27. The van der Waals surface area contributed by atoms with Crippen molar-refractivity contribution < 1.29 is 0 Å². The zero-order chi connectivity index (χ0) is 9.42. The molecule has 13 heavy (non-hydrogen) atoms. The first kappa shape index (κ1) is 8.10. The molecule has 2 rings (SSSR count). The second-order valence-corrected chi connectivity index (χ2v) is 3.18. The van der Waals surface area contributed by atoms with E-state index in [2.05, 4.69) is 10.3 Å². The highest BCUT2D eigenvalue weighted by Crippen LogP contribution is 2.11. The van der Waals surface area contributed by atoms with Gasteiger partial charge in [-0.3, -0.25) is 9.36 Å². The van der Waals surface area contributed by atoms with Gasteiger partial charge in [0.2, 0.25) is 5.95 Å². The van der Waals surface area contributed by atoms with Gasteiger partial charge < -0.3 is 11.1 Å². The van der Waals surface area contributed by atoms with Crippen molar-refractivity contribution in [1.82, 2.24) is 9.55 Å². The van der Waals surface area contributed by atoms with Crippen LogP contribution < -0.4 is 16.6 Å². The molecule has 0 atom stereocenters. The predicted octanol–water partition coefficient (Wildman–Crippen LogP) is -0.0505. The summed E-state index contributed by atoms with van der Waals surface area (Å²) < 4.78 is 1.63. The summed E-state index contributed by atoms with van der Waals surface area (Å²) in [6.07, 6.45) is 0.956. The molecule has 1 aromatic rings. The summed E-state index contributed by atoms with van der Waals surface area (Å²) in [5, 5.41) is 3.04. The summed E-state index contributed by atoms with van der Waals surface area (Å²) in [6, 6.07) is 0. The number of fused-ring (bicyclic) bond motifs is 1. The summed E-state index contributed by atoms with van der Waals surface area (Å²) in [4.78, 5) is 15.7. The van der Waals surface area contributed by atoms with Gasteiger partial charge in [0.25, 0.3) is 5.56 Å². The number of nitrogen functional groups attached to an aromatic ring is 1. The third kappa shape index (κ3) is 1.16. The molecule has 1 aliphatic heterocycles. The van der Waals surface area contributed by atoms with E-state index in [0.717, 1.165) is 19.5 Å². The van der Waals surface area contributed by atoms with Gasteiger partial charge in [0, 0.05) is 13.1 Å². The van der Waals surface area contributed by atoms with E-state index in [0.29, 0.717) is 17.3 Å². The SMILES string of the molecule is Cc1c(N)nc2n(c1=O)CCCN2. The number of aromatic nitrogens is 2. The van der Waals surface area contributed by atoms with Crippen LogP contribution in [0.4, 0.5) is 11.8 Å². The smallest absolute Gasteiger partial charge is 0.259 e. The van der Waals surface area contributed by atoms with Gasteiger partial charge in [0.1, 0.15) is 5.82 Å². The van der Waals surface area contributed by atoms with E-state index in [4.69, 9.17) is 5.73 Å². The average Bonchev–Trinajstić information content (AvgIpc) is 2.15. The summed E-state index contributed by atoms with van der Waals surface area (Å²) in [7, 11) is 0. The van der Waals surface area contributed by atoms with Crippen molar-refractivity contribution in [2.75, 3.05) is 17.6 Å². The molecule has 0 saturated carbocycles. The molecule has 1 aliphatic rings. The molecule has 0 amide bonds. The number of nitrogens with one attached hydrogen (secondary N) is 1. The molecule has 2 heterocycles. The molecule has 0 aliphatic carbocycles. The van der Waals surface area contributed by atoms with Gasteiger partial charge in [0.05, 0.1) is 5.56 Å². The summed E-state index contributed by atoms with van der Waals surface area (Å²) in [6.45, 7) is 3.29. The summed E-state index contributed by atoms with van der Waals surface area (Å²) in [5.41, 5.74) is 6.08. The number of hydrogen-bond acceptors (Lipinski definition) is 4. The molecule has 0 fully saturated rings. The van der Waals surface area contributed by atoms with Crippen LogP contribution in [-0.2, 0) is 6.54 Å². The second-order valence-electron chi connectivity index (χ2n) is 3.18. The molecule has 70 valence electrons. The Kier molecular flexibility index (Phi) is 1.72. The van der Waals surface area contributed by atoms with Gasteiger partial charge in [-0.1, -0.05) is 0 Å². The first-order valence-corrected chi connectivity index (χ1v) is 4.31. The zero-order valence-electron chi connectivity index (χ0n) is 7.50. The summed E-state index contributed by atoms with van der Waals surface area (Å²) in [5.74, 6) is 0.921. The van der Waals surface area contributed by atoms with E-state index in [1.807, 2.05) is 0 Å². The lowest BCUT2D eigenvalue weighted by Gasteiger charge is -2.19. The maximum absolute atomic E-state index is 11.6. The minimum Gasteiger partial charge on any atom is -0.383 e. The quantitative estimate of drug-likeness (QED) is 0.587. The molecule has 0 saturated heterocycles. The number of nitrogens with two attached hydrogens (primary N) is 1. The summed E-state index contributed by atoms with van der Waals surface area (Å²) >= 11 is 0. The molecular weight excluding hydrogens is 168 g/mol. The van der Waals surface area contributed by atoms with Crippen molar-refractivity contribution in [2.24, 2.45) is 0 Å². The van der Waals surface area contributed by atoms with Crippen LogP contribution in [0.2, 0.25) is 0 Å². The van der Waals surface area contributed by atoms with Crippen molar-refractivity contribution in [2.45, 2.75) is 19.9 Å². The molecule has 1 aromatic heterocycles. The first-order chi connectivity index (χ1) is 6.20. The van der Waals surface area contributed by atoms with Crippen molar-refractivity contribution in [1.29, 1.82) is 0 Å². The van der Waals surface area contributed by atoms with E-state index < -0.39 is 0 Å². The molecule has 5 heteroatoms.